The van der Waals surface area contributed by atoms with Crippen molar-refractivity contribution in [2.45, 2.75) is 180 Å². The summed E-state index contributed by atoms with van der Waals surface area (Å²) < 4.78 is 3.60. The van der Waals surface area contributed by atoms with E-state index in [2.05, 4.69) is 165 Å². The van der Waals surface area contributed by atoms with E-state index in [9.17, 15) is 20.4 Å². The predicted molar refractivity (Wildman–Crippen MR) is 251 cm³/mol. The number of rotatable bonds is 16. The van der Waals surface area contributed by atoms with E-state index in [1.165, 1.54) is 0 Å². The average molecular weight is 883 g/mol. The van der Waals surface area contributed by atoms with Crippen LogP contribution in [0.4, 0.5) is 0 Å². The Labute approximate surface area is 368 Å². The minimum atomic E-state index is -2.61. The minimum absolute atomic E-state index is 0.0120. The van der Waals surface area contributed by atoms with Crippen molar-refractivity contribution in [2.75, 3.05) is 19.8 Å². The summed E-state index contributed by atoms with van der Waals surface area (Å²) >= 11 is 0. The molecule has 0 bridgehead atoms. The fraction of sp³-hybridized carbons (Fsp3) is 0.755. The molecule has 0 saturated heterocycles. The Morgan fingerprint density at radius 3 is 1.00 bits per heavy atom. The maximum atomic E-state index is 14.4. The molecule has 348 valence electrons. The quantitative estimate of drug-likeness (QED) is 0.0764. The van der Waals surface area contributed by atoms with Crippen LogP contribution in [0.15, 0.2) is 36.4 Å². The molecule has 2 aromatic rings. The van der Waals surface area contributed by atoms with Crippen LogP contribution in [0.1, 0.15) is 184 Å². The summed E-state index contributed by atoms with van der Waals surface area (Å²) in [7, 11) is -5.22. The van der Waals surface area contributed by atoms with Gasteiger partial charge in [0, 0.05) is 0 Å². The van der Waals surface area contributed by atoms with Gasteiger partial charge in [-0.05, 0) is 116 Å². The van der Waals surface area contributed by atoms with Gasteiger partial charge in [0.25, 0.3) is 0 Å². The molecule has 8 N–H and O–H groups in total. The van der Waals surface area contributed by atoms with Crippen LogP contribution in [0.5, 0.6) is 0 Å². The smallest absolute Gasteiger partial charge is 0.334 e. The molecule has 0 amide bonds. The molecule has 2 unspecified atom stereocenters. The van der Waals surface area contributed by atoms with Gasteiger partial charge < -0.3 is 40.0 Å². The fourth-order valence-corrected chi connectivity index (χ4v) is 8.81. The molecular formula is C49H88O9P2. The maximum absolute atomic E-state index is 14.4. The van der Waals surface area contributed by atoms with Crippen molar-refractivity contribution in [1.82, 2.24) is 0 Å². The van der Waals surface area contributed by atoms with E-state index in [1.54, 1.807) is 0 Å². The van der Waals surface area contributed by atoms with E-state index in [4.69, 9.17) is 19.6 Å². The zero-order chi connectivity index (χ0) is 47.1. The van der Waals surface area contributed by atoms with Crippen LogP contribution in [0.25, 0.3) is 0 Å². The topological polar surface area (TPSA) is 171 Å². The fourth-order valence-electron chi connectivity index (χ4n) is 8.29. The second-order valence-corrected chi connectivity index (χ2v) is 25.6. The van der Waals surface area contributed by atoms with Crippen LogP contribution in [-0.2, 0) is 33.6 Å². The summed E-state index contributed by atoms with van der Waals surface area (Å²) in [4.78, 5) is 31.3. The molecule has 60 heavy (non-hydrogen) atoms. The lowest BCUT2D eigenvalue weighted by atomic mass is 9.57. The standard InChI is InChI=1S/C49H84O4.H4O5P2/c1-42(2,3)27-25-36(44(7,8)9)29-34-21-19-23-38(46(13,14)15)40(34)49(53,48(31-50,32-51)33-52)41-35(22-20-24-39(41)47(16,17)18)30-37(45(10,11)12)26-28-43(4,5)6;1-6(2)5-7(3)4/h19-24,36-37,50-53H,25-33H2,1-18H3;1-4H. The van der Waals surface area contributed by atoms with Gasteiger partial charge >= 0.3 is 17.2 Å². The van der Waals surface area contributed by atoms with Crippen molar-refractivity contribution in [3.05, 3.63) is 69.8 Å². The highest BCUT2D eigenvalue weighted by molar-refractivity contribution is 7.53. The zero-order valence-electron chi connectivity index (χ0n) is 40.9. The highest BCUT2D eigenvalue weighted by Gasteiger charge is 2.57. The van der Waals surface area contributed by atoms with Crippen LogP contribution in [0.3, 0.4) is 0 Å². The van der Waals surface area contributed by atoms with E-state index in [0.29, 0.717) is 11.8 Å². The molecule has 0 aromatic heterocycles. The highest BCUT2D eigenvalue weighted by Crippen LogP contribution is 2.54. The lowest BCUT2D eigenvalue weighted by molar-refractivity contribution is -0.138. The molecule has 2 rings (SSSR count). The van der Waals surface area contributed by atoms with Gasteiger partial charge in [0.1, 0.15) is 5.60 Å². The Hall–Kier alpha value is -1.06. The van der Waals surface area contributed by atoms with Gasteiger partial charge in [-0.25, -0.2) is 4.31 Å². The maximum Gasteiger partial charge on any atom is 0.334 e. The molecule has 9 nitrogen and oxygen atoms in total. The van der Waals surface area contributed by atoms with Gasteiger partial charge in [-0.3, -0.25) is 0 Å². The van der Waals surface area contributed by atoms with Crippen LogP contribution >= 0.6 is 17.2 Å². The number of aliphatic hydroxyl groups is 4. The van der Waals surface area contributed by atoms with E-state index in [0.717, 1.165) is 71.9 Å². The number of hydrogen-bond donors (Lipinski definition) is 8. The number of aliphatic hydroxyl groups excluding tert-OH is 3. The molecule has 0 aliphatic heterocycles. The van der Waals surface area contributed by atoms with Crippen LogP contribution in [-0.4, -0.2) is 59.8 Å². The lowest BCUT2D eigenvalue weighted by Crippen LogP contribution is -2.56. The van der Waals surface area contributed by atoms with Gasteiger partial charge in [0.05, 0.1) is 25.2 Å². The van der Waals surface area contributed by atoms with Gasteiger partial charge in [0.2, 0.25) is 0 Å². The Morgan fingerprint density at radius 2 is 0.800 bits per heavy atom. The molecule has 2 aromatic carbocycles. The van der Waals surface area contributed by atoms with Gasteiger partial charge in [0.15, 0.2) is 0 Å². The molecule has 0 heterocycles. The van der Waals surface area contributed by atoms with Crippen LogP contribution in [0, 0.1) is 38.9 Å². The third-order valence-corrected chi connectivity index (χ3v) is 13.5. The number of benzene rings is 2. The zero-order valence-corrected chi connectivity index (χ0v) is 42.7. The van der Waals surface area contributed by atoms with Gasteiger partial charge in [-0.1, -0.05) is 161 Å². The summed E-state index contributed by atoms with van der Waals surface area (Å²) in [5, 5.41) is 48.9. The molecule has 2 atom stereocenters. The van der Waals surface area contributed by atoms with Crippen molar-refractivity contribution >= 4 is 17.2 Å². The first-order valence-electron chi connectivity index (χ1n) is 21.8. The van der Waals surface area contributed by atoms with Crippen molar-refractivity contribution in [1.29, 1.82) is 0 Å². The first-order chi connectivity index (χ1) is 26.9. The van der Waals surface area contributed by atoms with Crippen LogP contribution in [0.2, 0.25) is 0 Å². The largest absolute Gasteiger partial charge is 0.395 e. The number of hydrogen-bond acceptors (Lipinski definition) is 9. The first-order valence-corrected chi connectivity index (χ1v) is 24.1. The Kier molecular flexibility index (Phi) is 20.6. The van der Waals surface area contributed by atoms with Crippen molar-refractivity contribution < 1.29 is 44.3 Å². The summed E-state index contributed by atoms with van der Waals surface area (Å²) in [6, 6.07) is 12.8. The third kappa shape index (κ3) is 16.2. The monoisotopic (exact) mass is 883 g/mol. The lowest BCUT2D eigenvalue weighted by Gasteiger charge is -2.50. The highest BCUT2D eigenvalue weighted by atomic mass is 31.2. The van der Waals surface area contributed by atoms with E-state index < -0.39 is 58.9 Å². The minimum Gasteiger partial charge on any atom is -0.395 e. The summed E-state index contributed by atoms with van der Waals surface area (Å²) in [5.41, 5.74) is 1.34. The Morgan fingerprint density at radius 1 is 0.500 bits per heavy atom. The summed E-state index contributed by atoms with van der Waals surface area (Å²) in [5.74, 6) is 0.596. The van der Waals surface area contributed by atoms with Crippen molar-refractivity contribution in [2.24, 2.45) is 38.9 Å². The van der Waals surface area contributed by atoms with E-state index in [-0.39, 0.29) is 21.7 Å². The second kappa shape index (κ2) is 21.7. The first kappa shape index (κ1) is 57.0. The Bertz CT molecular complexity index is 1480. The molecule has 11 heteroatoms. The Balaban J connectivity index is 0.00000235. The van der Waals surface area contributed by atoms with Crippen molar-refractivity contribution in [3.8, 4) is 0 Å². The molecule has 0 aliphatic carbocycles. The molecule has 0 aliphatic rings. The molecule has 0 fully saturated rings. The van der Waals surface area contributed by atoms with Crippen molar-refractivity contribution in [3.63, 3.8) is 0 Å². The predicted octanol–water partition coefficient (Wildman–Crippen LogP) is 11.0. The van der Waals surface area contributed by atoms with Gasteiger partial charge in [-0.2, -0.15) is 0 Å². The van der Waals surface area contributed by atoms with Crippen LogP contribution < -0.4 is 0 Å². The SMILES string of the molecule is CC(C)(C)CCC(Cc1cccc(C(C)(C)C)c1C(O)(c1c(CC(CCC(C)(C)C)C(C)(C)C)cccc1C(C)(C)C)C(CO)(CO)CO)C(C)(C)C.OP(O)OP(O)O. The molecular weight excluding hydrogens is 794 g/mol. The molecule has 0 spiro atoms. The molecule has 0 radical (unpaired) electrons. The average Bonchev–Trinajstić information content (AvgIpc) is 3.06. The normalized spacial score (nSPS) is 15.8. The summed E-state index contributed by atoms with van der Waals surface area (Å²) in [6.07, 6.45) is 5.65. The van der Waals surface area contributed by atoms with E-state index in [1.807, 2.05) is 0 Å². The summed E-state index contributed by atoms with van der Waals surface area (Å²) in [6.45, 7) is 39.0. The van der Waals surface area contributed by atoms with E-state index >= 15 is 0 Å². The second-order valence-electron chi connectivity index (χ2n) is 24.0. The molecule has 0 saturated carbocycles. The third-order valence-electron chi connectivity index (χ3n) is 12.3. The van der Waals surface area contributed by atoms with Gasteiger partial charge in [-0.15, -0.1) is 0 Å².